The maximum atomic E-state index is 10.5. The fraction of sp³-hybridized carbons (Fsp3) is 0.833. The summed E-state index contributed by atoms with van der Waals surface area (Å²) in [5.41, 5.74) is 0. The largest absolute Gasteiger partial charge is 0.453 e. The summed E-state index contributed by atoms with van der Waals surface area (Å²) in [7, 11) is 2.85. The zero-order valence-corrected chi connectivity index (χ0v) is 6.51. The minimum absolute atomic E-state index is 0.243. The highest BCUT2D eigenvalue weighted by Crippen LogP contribution is 1.90. The molecule has 0 heterocycles. The van der Waals surface area contributed by atoms with Gasteiger partial charge in [-0.1, -0.05) is 6.92 Å². The summed E-state index contributed by atoms with van der Waals surface area (Å²) in [5, 5.41) is 2.48. The molecule has 1 unspecified atom stereocenters. The Morgan fingerprint density at radius 1 is 1.60 bits per heavy atom. The zero-order valence-electron chi connectivity index (χ0n) is 6.51. The summed E-state index contributed by atoms with van der Waals surface area (Å²) in [6, 6.07) is 0. The molecule has 4 nitrogen and oxygen atoms in total. The van der Waals surface area contributed by atoms with Gasteiger partial charge in [-0.15, -0.1) is 0 Å². The molecular weight excluding hydrogens is 134 g/mol. The molecule has 0 aliphatic heterocycles. The summed E-state index contributed by atoms with van der Waals surface area (Å²) in [6.45, 7) is 1.91. The third kappa shape index (κ3) is 3.29. The normalized spacial score (nSPS) is 12.3. The Morgan fingerprint density at radius 3 is 2.50 bits per heavy atom. The van der Waals surface area contributed by atoms with E-state index in [0.717, 1.165) is 6.42 Å². The van der Waals surface area contributed by atoms with Crippen LogP contribution in [-0.4, -0.2) is 26.5 Å². The first-order chi connectivity index (χ1) is 4.74. The summed E-state index contributed by atoms with van der Waals surface area (Å²) < 4.78 is 9.21. The van der Waals surface area contributed by atoms with Crippen molar-refractivity contribution in [2.45, 2.75) is 19.6 Å². The first-order valence-corrected chi connectivity index (χ1v) is 3.11. The Bertz CT molecular complexity index is 101. The lowest BCUT2D eigenvalue weighted by atomic mass is 10.4. The van der Waals surface area contributed by atoms with Gasteiger partial charge < -0.3 is 9.47 Å². The Morgan fingerprint density at radius 2 is 2.20 bits per heavy atom. The molecule has 0 aliphatic carbocycles. The van der Waals surface area contributed by atoms with Crippen molar-refractivity contribution >= 4 is 6.09 Å². The first kappa shape index (κ1) is 9.23. The molecule has 60 valence electrons. The maximum Gasteiger partial charge on any atom is 0.408 e. The third-order valence-corrected chi connectivity index (χ3v) is 1.12. The molecule has 0 spiro atoms. The minimum atomic E-state index is -0.464. The van der Waals surface area contributed by atoms with Gasteiger partial charge in [-0.2, -0.15) is 0 Å². The number of carbonyl (C=O) groups excluding carboxylic acids is 1. The highest BCUT2D eigenvalue weighted by Gasteiger charge is 2.06. The van der Waals surface area contributed by atoms with E-state index in [0.29, 0.717) is 0 Å². The highest BCUT2D eigenvalue weighted by molar-refractivity contribution is 5.67. The molecule has 0 fully saturated rings. The van der Waals surface area contributed by atoms with Gasteiger partial charge in [0.15, 0.2) is 0 Å². The van der Waals surface area contributed by atoms with E-state index >= 15 is 0 Å². The van der Waals surface area contributed by atoms with E-state index in [4.69, 9.17) is 4.74 Å². The Hall–Kier alpha value is -0.770. The van der Waals surface area contributed by atoms with Crippen LogP contribution < -0.4 is 5.32 Å². The average molecular weight is 147 g/mol. The lowest BCUT2D eigenvalue weighted by Crippen LogP contribution is -2.35. The van der Waals surface area contributed by atoms with Crippen molar-refractivity contribution in [3.05, 3.63) is 0 Å². The summed E-state index contributed by atoms with van der Waals surface area (Å²) in [6.07, 6.45) is 0.0205. The molecule has 0 radical (unpaired) electrons. The van der Waals surface area contributed by atoms with E-state index in [-0.39, 0.29) is 6.23 Å². The van der Waals surface area contributed by atoms with Crippen LogP contribution in [0.3, 0.4) is 0 Å². The monoisotopic (exact) mass is 147 g/mol. The van der Waals surface area contributed by atoms with Gasteiger partial charge in [0.05, 0.1) is 7.11 Å². The summed E-state index contributed by atoms with van der Waals surface area (Å²) in [4.78, 5) is 10.5. The van der Waals surface area contributed by atoms with Crippen LogP contribution in [0.1, 0.15) is 13.3 Å². The second-order valence-electron chi connectivity index (χ2n) is 1.77. The molecule has 10 heavy (non-hydrogen) atoms. The van der Waals surface area contributed by atoms with Gasteiger partial charge in [0.2, 0.25) is 0 Å². The molecule has 1 amide bonds. The zero-order chi connectivity index (χ0) is 7.98. The van der Waals surface area contributed by atoms with Crippen LogP contribution in [0.4, 0.5) is 4.79 Å². The molecule has 0 saturated heterocycles. The van der Waals surface area contributed by atoms with Crippen molar-refractivity contribution in [3.8, 4) is 0 Å². The highest BCUT2D eigenvalue weighted by atomic mass is 16.6. The van der Waals surface area contributed by atoms with Crippen molar-refractivity contribution in [2.75, 3.05) is 14.2 Å². The second-order valence-corrected chi connectivity index (χ2v) is 1.77. The molecule has 1 atom stereocenters. The standard InChI is InChI=1S/C6H13NO3/c1-4-5(9-2)7-6(8)10-3/h5H,4H2,1-3H3,(H,7,8). The van der Waals surface area contributed by atoms with Crippen LogP contribution in [0.25, 0.3) is 0 Å². The van der Waals surface area contributed by atoms with Crippen LogP contribution in [0, 0.1) is 0 Å². The Kier molecular flexibility index (Phi) is 4.66. The fourth-order valence-corrected chi connectivity index (χ4v) is 0.518. The topological polar surface area (TPSA) is 47.6 Å². The smallest absolute Gasteiger partial charge is 0.408 e. The molecule has 4 heteroatoms. The number of methoxy groups -OCH3 is 2. The van der Waals surface area contributed by atoms with Crippen molar-refractivity contribution in [1.29, 1.82) is 0 Å². The number of alkyl carbamates (subject to hydrolysis) is 1. The lowest BCUT2D eigenvalue weighted by molar-refractivity contribution is 0.0647. The van der Waals surface area contributed by atoms with Crippen molar-refractivity contribution in [2.24, 2.45) is 0 Å². The molecule has 0 rings (SSSR count). The van der Waals surface area contributed by atoms with Gasteiger partial charge in [0.1, 0.15) is 6.23 Å². The molecule has 1 N–H and O–H groups in total. The summed E-state index contributed by atoms with van der Waals surface area (Å²) in [5.74, 6) is 0. The van der Waals surface area contributed by atoms with Gasteiger partial charge in [0.25, 0.3) is 0 Å². The number of nitrogens with one attached hydrogen (secondary N) is 1. The lowest BCUT2D eigenvalue weighted by Gasteiger charge is -2.12. The number of rotatable bonds is 3. The van der Waals surface area contributed by atoms with Crippen LogP contribution in [-0.2, 0) is 9.47 Å². The van der Waals surface area contributed by atoms with Crippen LogP contribution in [0.2, 0.25) is 0 Å². The molecule has 0 bridgehead atoms. The van der Waals surface area contributed by atoms with E-state index < -0.39 is 6.09 Å². The van der Waals surface area contributed by atoms with Crippen LogP contribution in [0.5, 0.6) is 0 Å². The van der Waals surface area contributed by atoms with Gasteiger partial charge in [-0.25, -0.2) is 4.79 Å². The predicted molar refractivity (Wildman–Crippen MR) is 36.6 cm³/mol. The number of hydrogen-bond donors (Lipinski definition) is 1. The average Bonchev–Trinajstić information content (AvgIpc) is 1.99. The number of hydrogen-bond acceptors (Lipinski definition) is 3. The van der Waals surface area contributed by atoms with Crippen molar-refractivity contribution < 1.29 is 14.3 Å². The van der Waals surface area contributed by atoms with Crippen LogP contribution >= 0.6 is 0 Å². The second kappa shape index (κ2) is 5.05. The number of amides is 1. The Balaban J connectivity index is 3.52. The van der Waals surface area contributed by atoms with Gasteiger partial charge in [-0.3, -0.25) is 5.32 Å². The third-order valence-electron chi connectivity index (χ3n) is 1.12. The summed E-state index contributed by atoms with van der Waals surface area (Å²) >= 11 is 0. The molecule has 0 aliphatic rings. The maximum absolute atomic E-state index is 10.5. The molecule has 0 saturated carbocycles. The van der Waals surface area contributed by atoms with E-state index in [9.17, 15) is 4.79 Å². The Labute approximate surface area is 60.5 Å². The van der Waals surface area contributed by atoms with Gasteiger partial charge in [-0.05, 0) is 6.42 Å². The van der Waals surface area contributed by atoms with Gasteiger partial charge >= 0.3 is 6.09 Å². The molecule has 0 aromatic carbocycles. The quantitative estimate of drug-likeness (QED) is 0.598. The fourth-order valence-electron chi connectivity index (χ4n) is 0.518. The molecular formula is C6H13NO3. The van der Waals surface area contributed by atoms with Gasteiger partial charge in [0, 0.05) is 7.11 Å². The van der Waals surface area contributed by atoms with E-state index in [1.807, 2.05) is 6.92 Å². The van der Waals surface area contributed by atoms with E-state index in [1.165, 1.54) is 14.2 Å². The van der Waals surface area contributed by atoms with Crippen molar-refractivity contribution in [1.82, 2.24) is 5.32 Å². The van der Waals surface area contributed by atoms with E-state index in [2.05, 4.69) is 10.1 Å². The first-order valence-electron chi connectivity index (χ1n) is 3.11. The van der Waals surface area contributed by atoms with E-state index in [1.54, 1.807) is 0 Å². The molecule has 0 aromatic rings. The number of ether oxygens (including phenoxy) is 2. The van der Waals surface area contributed by atoms with Crippen molar-refractivity contribution in [3.63, 3.8) is 0 Å². The number of carbonyl (C=O) groups is 1. The molecule has 0 aromatic heterocycles. The van der Waals surface area contributed by atoms with Crippen LogP contribution in [0.15, 0.2) is 0 Å². The predicted octanol–water partition coefficient (Wildman–Crippen LogP) is 0.725. The SMILES string of the molecule is CCC(NC(=O)OC)OC. The minimum Gasteiger partial charge on any atom is -0.453 e.